The summed E-state index contributed by atoms with van der Waals surface area (Å²) in [6.07, 6.45) is -6.67. The molecule has 0 saturated carbocycles. The summed E-state index contributed by atoms with van der Waals surface area (Å²) in [6, 6.07) is 1.12. The van der Waals surface area contributed by atoms with Crippen molar-refractivity contribution in [3.8, 4) is 0 Å². The summed E-state index contributed by atoms with van der Waals surface area (Å²) >= 11 is 0. The van der Waals surface area contributed by atoms with Gasteiger partial charge in [-0.05, 0) is 35.6 Å². The summed E-state index contributed by atoms with van der Waals surface area (Å²) in [4.78, 5) is 28.9. The molecule has 13 heteroatoms. The number of fused-ring (bicyclic) bond motifs is 1. The van der Waals surface area contributed by atoms with Gasteiger partial charge in [-0.1, -0.05) is 0 Å². The van der Waals surface area contributed by atoms with E-state index in [9.17, 15) is 35.9 Å². The van der Waals surface area contributed by atoms with Gasteiger partial charge in [-0.25, -0.2) is 4.79 Å². The van der Waals surface area contributed by atoms with E-state index in [0.717, 1.165) is 4.68 Å². The molecule has 1 aromatic carbocycles. The number of nitrogens with zero attached hydrogens (tertiary/aromatic N) is 5. The topological polar surface area (TPSA) is 61.7 Å². The van der Waals surface area contributed by atoms with Gasteiger partial charge < -0.3 is 9.80 Å². The Morgan fingerprint density at radius 2 is 1.66 bits per heavy atom. The van der Waals surface area contributed by atoms with Gasteiger partial charge >= 0.3 is 18.4 Å². The van der Waals surface area contributed by atoms with Gasteiger partial charge in [-0.15, -0.1) is 0 Å². The zero-order chi connectivity index (χ0) is 25.7. The van der Waals surface area contributed by atoms with Crippen molar-refractivity contribution in [2.75, 3.05) is 38.1 Å². The van der Waals surface area contributed by atoms with Crippen LogP contribution in [0.2, 0.25) is 0 Å². The number of amides is 2. The fourth-order valence-corrected chi connectivity index (χ4v) is 4.71. The van der Waals surface area contributed by atoms with Crippen LogP contribution in [0.1, 0.15) is 23.6 Å². The van der Waals surface area contributed by atoms with Gasteiger partial charge in [0.1, 0.15) is 0 Å². The molecule has 4 rings (SSSR count). The van der Waals surface area contributed by atoms with Crippen LogP contribution in [0.25, 0.3) is 0 Å². The number of carbonyl (C=O) groups is 2. The lowest BCUT2D eigenvalue weighted by atomic mass is 10.0. The summed E-state index contributed by atoms with van der Waals surface area (Å²) in [5.41, 5.74) is -2.16. The van der Waals surface area contributed by atoms with Crippen LogP contribution in [0.5, 0.6) is 0 Å². The van der Waals surface area contributed by atoms with Gasteiger partial charge in [-0.2, -0.15) is 36.1 Å². The van der Waals surface area contributed by atoms with E-state index in [4.69, 9.17) is 0 Å². The predicted molar refractivity (Wildman–Crippen MR) is 112 cm³/mol. The van der Waals surface area contributed by atoms with Crippen molar-refractivity contribution < 1.29 is 35.9 Å². The summed E-state index contributed by atoms with van der Waals surface area (Å²) in [6.45, 7) is 2.54. The van der Waals surface area contributed by atoms with E-state index in [1.54, 1.807) is 16.8 Å². The monoisotopic (exact) mass is 503 g/mol. The lowest BCUT2D eigenvalue weighted by Crippen LogP contribution is -2.36. The van der Waals surface area contributed by atoms with E-state index in [0.29, 0.717) is 50.1 Å². The molecule has 7 nitrogen and oxygen atoms in total. The summed E-state index contributed by atoms with van der Waals surface area (Å²) in [5.74, 6) is -0.259. The first kappa shape index (κ1) is 25.0. The molecule has 0 aliphatic carbocycles. The molecule has 0 radical (unpaired) electrons. The molecule has 0 bridgehead atoms. The highest BCUT2D eigenvalue weighted by atomic mass is 19.4. The van der Waals surface area contributed by atoms with E-state index in [1.807, 2.05) is 0 Å². The lowest BCUT2D eigenvalue weighted by molar-refractivity contribution is -0.142. The third-order valence-electron chi connectivity index (χ3n) is 6.59. The number of carbonyl (C=O) groups excluding carboxylic acids is 2. The largest absolute Gasteiger partial charge is 0.416 e. The average Bonchev–Trinajstić information content (AvgIpc) is 3.46. The number of hydrogen-bond donors (Lipinski definition) is 0. The highest BCUT2D eigenvalue weighted by Crippen LogP contribution is 2.38. The first-order valence-corrected chi connectivity index (χ1v) is 10.8. The first-order chi connectivity index (χ1) is 16.2. The van der Waals surface area contributed by atoms with Crippen LogP contribution in [0.4, 0.5) is 36.8 Å². The second kappa shape index (κ2) is 8.85. The number of hydrogen-bond acceptors (Lipinski definition) is 4. The third kappa shape index (κ3) is 5.14. The van der Waals surface area contributed by atoms with Crippen LogP contribution in [0.15, 0.2) is 30.6 Å². The minimum absolute atomic E-state index is 0.0194. The average molecular weight is 503 g/mol. The normalized spacial score (nSPS) is 20.9. The molecule has 2 aromatic rings. The van der Waals surface area contributed by atoms with Crippen molar-refractivity contribution >= 4 is 17.6 Å². The van der Waals surface area contributed by atoms with E-state index < -0.39 is 29.0 Å². The maximum absolute atomic E-state index is 13.4. The molecule has 1 aromatic heterocycles. The molecule has 35 heavy (non-hydrogen) atoms. The second-order valence-electron chi connectivity index (χ2n) is 8.99. The highest BCUT2D eigenvalue weighted by Gasteiger charge is 2.43. The van der Waals surface area contributed by atoms with Gasteiger partial charge in [0, 0.05) is 46.7 Å². The Balaban J connectivity index is 1.42. The van der Waals surface area contributed by atoms with Crippen molar-refractivity contribution in [1.29, 1.82) is 0 Å². The molecular weight excluding hydrogens is 480 g/mol. The van der Waals surface area contributed by atoms with E-state index in [2.05, 4.69) is 5.10 Å². The molecule has 0 N–H and O–H groups in total. The number of likely N-dealkylation sites (tertiary alicyclic amines) is 2. The Labute approximate surface area is 196 Å². The van der Waals surface area contributed by atoms with Crippen LogP contribution in [0, 0.1) is 11.8 Å². The maximum Gasteiger partial charge on any atom is 0.416 e. The molecule has 3 heterocycles. The first-order valence-electron chi connectivity index (χ1n) is 10.8. The van der Waals surface area contributed by atoms with Crippen LogP contribution in [0.3, 0.4) is 0 Å². The minimum atomic E-state index is -4.77. The number of alkyl halides is 6. The van der Waals surface area contributed by atoms with Crippen molar-refractivity contribution in [3.05, 3.63) is 47.3 Å². The SMILES string of the molecule is CC(=O)N(C)c1cnn(C(=O)N2CC3CN(Cc4cc(C(F)(F)F)ccc4C(F)(F)F)CC3C2)c1. The number of rotatable bonds is 3. The number of benzene rings is 1. The Morgan fingerprint density at radius 3 is 2.20 bits per heavy atom. The Morgan fingerprint density at radius 1 is 1.03 bits per heavy atom. The number of anilines is 1. The lowest BCUT2D eigenvalue weighted by Gasteiger charge is -2.23. The highest BCUT2D eigenvalue weighted by molar-refractivity contribution is 5.91. The van der Waals surface area contributed by atoms with Gasteiger partial charge in [0.05, 0.1) is 29.2 Å². The summed E-state index contributed by atoms with van der Waals surface area (Å²) in [7, 11) is 1.55. The van der Waals surface area contributed by atoms with Gasteiger partial charge in [-0.3, -0.25) is 9.69 Å². The molecule has 2 aliphatic rings. The van der Waals surface area contributed by atoms with Crippen LogP contribution in [-0.2, 0) is 23.7 Å². The molecule has 2 aliphatic heterocycles. The van der Waals surface area contributed by atoms with Gasteiger partial charge in [0.2, 0.25) is 5.91 Å². The molecule has 2 fully saturated rings. The molecule has 0 spiro atoms. The van der Waals surface area contributed by atoms with Gasteiger partial charge in [0.25, 0.3) is 0 Å². The second-order valence-corrected chi connectivity index (χ2v) is 8.99. The van der Waals surface area contributed by atoms with Gasteiger partial charge in [0.15, 0.2) is 0 Å². The molecular formula is C22H23F6N5O2. The van der Waals surface area contributed by atoms with Crippen LogP contribution < -0.4 is 4.90 Å². The molecule has 2 saturated heterocycles. The maximum atomic E-state index is 13.4. The number of aromatic nitrogens is 2. The van der Waals surface area contributed by atoms with E-state index >= 15 is 0 Å². The Kier molecular flexibility index (Phi) is 6.32. The van der Waals surface area contributed by atoms with Crippen molar-refractivity contribution in [1.82, 2.24) is 19.6 Å². The van der Waals surface area contributed by atoms with Crippen molar-refractivity contribution in [2.24, 2.45) is 11.8 Å². The zero-order valence-corrected chi connectivity index (χ0v) is 18.9. The minimum Gasteiger partial charge on any atom is -0.322 e. The summed E-state index contributed by atoms with van der Waals surface area (Å²) in [5, 5.41) is 4.01. The van der Waals surface area contributed by atoms with Crippen molar-refractivity contribution in [2.45, 2.75) is 25.8 Å². The Hall–Kier alpha value is -3.09. The zero-order valence-electron chi connectivity index (χ0n) is 18.9. The molecule has 2 atom stereocenters. The smallest absolute Gasteiger partial charge is 0.322 e. The fourth-order valence-electron chi connectivity index (χ4n) is 4.71. The quantitative estimate of drug-likeness (QED) is 0.596. The molecule has 190 valence electrons. The van der Waals surface area contributed by atoms with Crippen LogP contribution in [-0.4, -0.2) is 64.7 Å². The Bertz CT molecular complexity index is 1110. The predicted octanol–water partition coefficient (Wildman–Crippen LogP) is 3.94. The fraction of sp³-hybridized carbons (Fsp3) is 0.500. The molecule has 2 amide bonds. The summed E-state index contributed by atoms with van der Waals surface area (Å²) < 4.78 is 80.6. The standard InChI is InChI=1S/C22H23F6N5O2/c1-13(34)30(2)18-6-29-33(12-18)20(35)32-10-15-8-31(9-16(15)11-32)7-14-5-17(21(23,24)25)3-4-19(14)22(26,27)28/h3-6,12,15-16H,7-11H2,1-2H3. The number of halogens is 6. The third-order valence-corrected chi connectivity index (χ3v) is 6.59. The van der Waals surface area contributed by atoms with E-state index in [1.165, 1.54) is 24.2 Å². The molecule has 2 unspecified atom stereocenters. The van der Waals surface area contributed by atoms with E-state index in [-0.39, 0.29) is 30.3 Å². The van der Waals surface area contributed by atoms with Crippen LogP contribution >= 0.6 is 0 Å². The van der Waals surface area contributed by atoms with Crippen molar-refractivity contribution in [3.63, 3.8) is 0 Å².